The Hall–Kier alpha value is -1.48. The van der Waals surface area contributed by atoms with Gasteiger partial charge >= 0.3 is 0 Å². The SMILES string of the molecule is CCOc1ccc(-c2ncc[nH]2)cc1Cl. The van der Waals surface area contributed by atoms with Gasteiger partial charge in [0.2, 0.25) is 0 Å². The topological polar surface area (TPSA) is 37.9 Å². The van der Waals surface area contributed by atoms with Crippen LogP contribution in [0.2, 0.25) is 5.02 Å². The first-order valence-electron chi connectivity index (χ1n) is 4.73. The standard InChI is InChI=1S/C11H11ClN2O/c1-2-15-10-4-3-8(7-9(10)12)11-13-5-6-14-11/h3-7H,2H2,1H3,(H,13,14). The summed E-state index contributed by atoms with van der Waals surface area (Å²) in [6.45, 7) is 2.54. The summed E-state index contributed by atoms with van der Waals surface area (Å²) in [4.78, 5) is 7.17. The Morgan fingerprint density at radius 3 is 2.93 bits per heavy atom. The molecule has 0 amide bonds. The average molecular weight is 223 g/mol. The number of halogens is 1. The van der Waals surface area contributed by atoms with E-state index in [0.717, 1.165) is 11.4 Å². The highest BCUT2D eigenvalue weighted by atomic mass is 35.5. The van der Waals surface area contributed by atoms with Crippen LogP contribution < -0.4 is 4.74 Å². The van der Waals surface area contributed by atoms with Gasteiger partial charge in [0, 0.05) is 18.0 Å². The zero-order valence-electron chi connectivity index (χ0n) is 8.33. The lowest BCUT2D eigenvalue weighted by molar-refractivity contribution is 0.340. The summed E-state index contributed by atoms with van der Waals surface area (Å²) in [5.41, 5.74) is 0.952. The number of aromatic nitrogens is 2. The second-order valence-electron chi connectivity index (χ2n) is 3.02. The van der Waals surface area contributed by atoms with Crippen molar-refractivity contribution in [3.05, 3.63) is 35.6 Å². The van der Waals surface area contributed by atoms with Gasteiger partial charge in [0.05, 0.1) is 11.6 Å². The lowest BCUT2D eigenvalue weighted by atomic mass is 10.2. The molecular weight excluding hydrogens is 212 g/mol. The molecule has 1 heterocycles. The first-order valence-corrected chi connectivity index (χ1v) is 5.11. The maximum atomic E-state index is 6.06. The maximum absolute atomic E-state index is 6.06. The van der Waals surface area contributed by atoms with Crippen molar-refractivity contribution < 1.29 is 4.74 Å². The highest BCUT2D eigenvalue weighted by Gasteiger charge is 2.05. The van der Waals surface area contributed by atoms with Crippen molar-refractivity contribution in [2.75, 3.05) is 6.61 Å². The van der Waals surface area contributed by atoms with Gasteiger partial charge in [-0.3, -0.25) is 0 Å². The van der Waals surface area contributed by atoms with Gasteiger partial charge in [0.25, 0.3) is 0 Å². The first kappa shape index (κ1) is 10.1. The molecule has 0 fully saturated rings. The van der Waals surface area contributed by atoms with E-state index in [1.54, 1.807) is 12.4 Å². The van der Waals surface area contributed by atoms with Crippen LogP contribution in [0.5, 0.6) is 5.75 Å². The number of nitrogens with zero attached hydrogens (tertiary/aromatic N) is 1. The molecule has 15 heavy (non-hydrogen) atoms. The minimum Gasteiger partial charge on any atom is -0.492 e. The number of imidazole rings is 1. The fraction of sp³-hybridized carbons (Fsp3) is 0.182. The molecule has 0 saturated heterocycles. The highest BCUT2D eigenvalue weighted by Crippen LogP contribution is 2.28. The smallest absolute Gasteiger partial charge is 0.137 e. The van der Waals surface area contributed by atoms with Crippen LogP contribution in [0, 0.1) is 0 Å². The Morgan fingerprint density at radius 1 is 1.47 bits per heavy atom. The average Bonchev–Trinajstić information content (AvgIpc) is 2.74. The molecule has 0 spiro atoms. The number of hydrogen-bond acceptors (Lipinski definition) is 2. The number of ether oxygens (including phenoxy) is 1. The number of rotatable bonds is 3. The number of hydrogen-bond donors (Lipinski definition) is 1. The van der Waals surface area contributed by atoms with E-state index in [2.05, 4.69) is 9.97 Å². The fourth-order valence-corrected chi connectivity index (χ4v) is 1.58. The molecule has 0 radical (unpaired) electrons. The molecule has 0 aliphatic rings. The second-order valence-corrected chi connectivity index (χ2v) is 3.42. The molecule has 2 rings (SSSR count). The molecule has 1 N–H and O–H groups in total. The quantitative estimate of drug-likeness (QED) is 0.867. The molecule has 3 nitrogen and oxygen atoms in total. The number of nitrogens with one attached hydrogen (secondary N) is 1. The molecule has 78 valence electrons. The Labute approximate surface area is 93.1 Å². The van der Waals surface area contributed by atoms with Crippen molar-refractivity contribution in [3.8, 4) is 17.1 Å². The van der Waals surface area contributed by atoms with Crippen LogP contribution in [0.15, 0.2) is 30.6 Å². The molecule has 0 aliphatic carbocycles. The molecule has 0 unspecified atom stereocenters. The Kier molecular flexibility index (Phi) is 2.92. The van der Waals surface area contributed by atoms with Gasteiger partial charge in [-0.2, -0.15) is 0 Å². The van der Waals surface area contributed by atoms with Crippen LogP contribution in [0.25, 0.3) is 11.4 Å². The minimum absolute atomic E-state index is 0.603. The number of benzene rings is 1. The van der Waals surface area contributed by atoms with E-state index in [0.29, 0.717) is 17.4 Å². The van der Waals surface area contributed by atoms with Gasteiger partial charge in [0.1, 0.15) is 11.6 Å². The van der Waals surface area contributed by atoms with Crippen molar-refractivity contribution in [3.63, 3.8) is 0 Å². The van der Waals surface area contributed by atoms with Gasteiger partial charge in [0.15, 0.2) is 0 Å². The predicted octanol–water partition coefficient (Wildman–Crippen LogP) is 3.13. The first-order chi connectivity index (χ1) is 7.31. The minimum atomic E-state index is 0.603. The van der Waals surface area contributed by atoms with E-state index >= 15 is 0 Å². The maximum Gasteiger partial charge on any atom is 0.137 e. The van der Waals surface area contributed by atoms with Crippen LogP contribution >= 0.6 is 11.6 Å². The van der Waals surface area contributed by atoms with E-state index in [4.69, 9.17) is 16.3 Å². The Balaban J connectivity index is 2.33. The van der Waals surface area contributed by atoms with Gasteiger partial charge in [-0.25, -0.2) is 4.98 Å². The monoisotopic (exact) mass is 222 g/mol. The zero-order valence-corrected chi connectivity index (χ0v) is 9.08. The van der Waals surface area contributed by atoms with Crippen molar-refractivity contribution >= 4 is 11.6 Å². The van der Waals surface area contributed by atoms with Gasteiger partial charge < -0.3 is 9.72 Å². The van der Waals surface area contributed by atoms with Crippen molar-refractivity contribution in [2.45, 2.75) is 6.92 Å². The van der Waals surface area contributed by atoms with Crippen molar-refractivity contribution in [2.24, 2.45) is 0 Å². The molecule has 0 bridgehead atoms. The lowest BCUT2D eigenvalue weighted by Crippen LogP contribution is -1.92. The van der Waals surface area contributed by atoms with E-state index in [1.165, 1.54) is 0 Å². The largest absolute Gasteiger partial charge is 0.492 e. The molecule has 0 aliphatic heterocycles. The Morgan fingerprint density at radius 2 is 2.33 bits per heavy atom. The normalized spacial score (nSPS) is 10.3. The molecule has 0 atom stereocenters. The van der Waals surface area contributed by atoms with Crippen LogP contribution in [0.3, 0.4) is 0 Å². The summed E-state index contributed by atoms with van der Waals surface area (Å²) < 4.78 is 5.35. The predicted molar refractivity (Wildman–Crippen MR) is 60.2 cm³/mol. The van der Waals surface area contributed by atoms with Gasteiger partial charge in [-0.15, -0.1) is 0 Å². The highest BCUT2D eigenvalue weighted by molar-refractivity contribution is 6.32. The Bertz CT molecular complexity index is 440. The summed E-state index contributed by atoms with van der Waals surface area (Å²) >= 11 is 6.06. The molecule has 4 heteroatoms. The molecular formula is C11H11ClN2O. The molecule has 0 saturated carbocycles. The fourth-order valence-electron chi connectivity index (χ4n) is 1.34. The molecule has 1 aromatic heterocycles. The van der Waals surface area contributed by atoms with Crippen LogP contribution in [0.1, 0.15) is 6.92 Å². The van der Waals surface area contributed by atoms with E-state index in [-0.39, 0.29) is 0 Å². The van der Waals surface area contributed by atoms with E-state index in [1.807, 2.05) is 25.1 Å². The summed E-state index contributed by atoms with van der Waals surface area (Å²) in [7, 11) is 0. The van der Waals surface area contributed by atoms with Crippen molar-refractivity contribution in [1.29, 1.82) is 0 Å². The third-order valence-electron chi connectivity index (χ3n) is 2.00. The van der Waals surface area contributed by atoms with Crippen LogP contribution in [0.4, 0.5) is 0 Å². The molecule has 1 aromatic carbocycles. The van der Waals surface area contributed by atoms with Crippen LogP contribution in [-0.2, 0) is 0 Å². The number of aromatic amines is 1. The second kappa shape index (κ2) is 4.36. The van der Waals surface area contributed by atoms with Crippen molar-refractivity contribution in [1.82, 2.24) is 9.97 Å². The zero-order chi connectivity index (χ0) is 10.7. The third-order valence-corrected chi connectivity index (χ3v) is 2.30. The summed E-state index contributed by atoms with van der Waals surface area (Å²) in [5, 5.41) is 0.603. The van der Waals surface area contributed by atoms with Gasteiger partial charge in [-0.1, -0.05) is 11.6 Å². The lowest BCUT2D eigenvalue weighted by Gasteiger charge is -2.06. The third kappa shape index (κ3) is 2.13. The van der Waals surface area contributed by atoms with Crippen LogP contribution in [-0.4, -0.2) is 16.6 Å². The summed E-state index contributed by atoms with van der Waals surface area (Å²) in [6, 6.07) is 5.62. The number of H-pyrrole nitrogens is 1. The van der Waals surface area contributed by atoms with E-state index in [9.17, 15) is 0 Å². The summed E-state index contributed by atoms with van der Waals surface area (Å²) in [5.74, 6) is 1.51. The van der Waals surface area contributed by atoms with Gasteiger partial charge in [-0.05, 0) is 25.1 Å². The van der Waals surface area contributed by atoms with E-state index < -0.39 is 0 Å². The summed E-state index contributed by atoms with van der Waals surface area (Å²) in [6.07, 6.45) is 3.49. The molecule has 2 aromatic rings.